The largest absolute Gasteiger partial charge is 0.0891 e. The van der Waals surface area contributed by atoms with Crippen molar-refractivity contribution in [2.24, 2.45) is 0 Å². The highest BCUT2D eigenvalue weighted by Crippen LogP contribution is 2.14. The second kappa shape index (κ2) is 16.5. The fraction of sp³-hybridized carbons (Fsp3) is 0.944. The van der Waals surface area contributed by atoms with Crippen LogP contribution >= 0.6 is 15.9 Å². The Morgan fingerprint density at radius 3 is 1.26 bits per heavy atom. The molecule has 0 aromatic rings. The molecule has 0 fully saturated rings. The summed E-state index contributed by atoms with van der Waals surface area (Å²) in [5, 5.41) is 0. The van der Waals surface area contributed by atoms with Crippen LogP contribution in [0.15, 0.2) is 0 Å². The lowest BCUT2D eigenvalue weighted by Crippen LogP contribution is -1.89. The first-order chi connectivity index (χ1) is 9.27. The maximum absolute atomic E-state index is 3.95. The van der Waals surface area contributed by atoms with E-state index >= 15 is 0 Å². The monoisotopic (exact) mass is 331 g/mol. The van der Waals surface area contributed by atoms with E-state index in [1.807, 2.05) is 0 Å². The second-order valence-corrected chi connectivity index (χ2v) is 7.28. The summed E-state index contributed by atoms with van der Waals surface area (Å²) in [7, 11) is 0. The van der Waals surface area contributed by atoms with Crippen LogP contribution in [0.4, 0.5) is 0 Å². The molecule has 0 heterocycles. The van der Waals surface area contributed by atoms with E-state index in [1.165, 1.54) is 96.3 Å². The Kier molecular flexibility index (Phi) is 17.0. The van der Waals surface area contributed by atoms with E-state index in [4.69, 9.17) is 0 Å². The minimum Gasteiger partial charge on any atom is -0.0891 e. The standard InChI is InChI=1S/C18H36Br/c1-3-4-5-6-7-8-9-10-11-12-13-14-15-16-17-18(2)19/h18H,2-17H2,1H3. The topological polar surface area (TPSA) is 0 Å². The van der Waals surface area contributed by atoms with E-state index in [0.29, 0.717) is 4.83 Å². The van der Waals surface area contributed by atoms with Gasteiger partial charge >= 0.3 is 0 Å². The van der Waals surface area contributed by atoms with Gasteiger partial charge in [0, 0.05) is 4.83 Å². The molecule has 0 nitrogen and oxygen atoms in total. The summed E-state index contributed by atoms with van der Waals surface area (Å²) in [6.07, 6.45) is 21.4. The molecular formula is C18H36Br. The smallest absolute Gasteiger partial charge is 0.0146 e. The van der Waals surface area contributed by atoms with Gasteiger partial charge in [0.15, 0.2) is 0 Å². The molecule has 1 atom stereocenters. The zero-order valence-electron chi connectivity index (χ0n) is 13.3. The molecule has 0 aliphatic heterocycles. The van der Waals surface area contributed by atoms with Crippen molar-refractivity contribution < 1.29 is 0 Å². The van der Waals surface area contributed by atoms with Crippen molar-refractivity contribution >= 4 is 15.9 Å². The van der Waals surface area contributed by atoms with Crippen LogP contribution in [0.1, 0.15) is 103 Å². The van der Waals surface area contributed by atoms with E-state index in [-0.39, 0.29) is 0 Å². The Bertz CT molecular complexity index is 154. The lowest BCUT2D eigenvalue weighted by Gasteiger charge is -2.04. The first-order valence-corrected chi connectivity index (χ1v) is 9.66. The SMILES string of the molecule is [CH2]C(Br)CCCCCCCCCCCCCCCC. The summed E-state index contributed by atoms with van der Waals surface area (Å²) < 4.78 is 0. The third-order valence-electron chi connectivity index (χ3n) is 3.87. The highest BCUT2D eigenvalue weighted by atomic mass is 79.9. The van der Waals surface area contributed by atoms with Crippen molar-refractivity contribution in [3.63, 3.8) is 0 Å². The summed E-state index contributed by atoms with van der Waals surface area (Å²) in [5.41, 5.74) is 0. The van der Waals surface area contributed by atoms with E-state index in [9.17, 15) is 0 Å². The summed E-state index contributed by atoms with van der Waals surface area (Å²) >= 11 is 3.50. The number of rotatable bonds is 15. The van der Waals surface area contributed by atoms with Crippen LogP contribution in [0.25, 0.3) is 0 Å². The zero-order valence-corrected chi connectivity index (χ0v) is 14.9. The summed E-state index contributed by atoms with van der Waals surface area (Å²) in [6.45, 7) is 6.24. The quantitative estimate of drug-likeness (QED) is 0.216. The van der Waals surface area contributed by atoms with Crippen molar-refractivity contribution in [2.75, 3.05) is 0 Å². The molecule has 0 aromatic heterocycles. The molecule has 19 heavy (non-hydrogen) atoms. The van der Waals surface area contributed by atoms with Gasteiger partial charge in [-0.3, -0.25) is 0 Å². The molecule has 0 rings (SSSR count). The van der Waals surface area contributed by atoms with Gasteiger partial charge in [-0.25, -0.2) is 0 Å². The van der Waals surface area contributed by atoms with Crippen molar-refractivity contribution in [3.8, 4) is 0 Å². The third kappa shape index (κ3) is 18.5. The molecule has 1 unspecified atom stereocenters. The maximum Gasteiger partial charge on any atom is 0.0146 e. The minimum absolute atomic E-state index is 0.463. The van der Waals surface area contributed by atoms with Crippen LogP contribution in [0.5, 0.6) is 0 Å². The van der Waals surface area contributed by atoms with Gasteiger partial charge in [-0.05, 0) is 13.3 Å². The molecular weight excluding hydrogens is 296 g/mol. The Morgan fingerprint density at radius 2 is 0.947 bits per heavy atom. The number of hydrogen-bond donors (Lipinski definition) is 0. The molecule has 0 saturated carbocycles. The van der Waals surface area contributed by atoms with Crippen molar-refractivity contribution in [2.45, 2.75) is 108 Å². The average Bonchev–Trinajstić information content (AvgIpc) is 2.39. The molecule has 0 amide bonds. The van der Waals surface area contributed by atoms with Crippen molar-refractivity contribution in [3.05, 3.63) is 6.92 Å². The molecule has 115 valence electrons. The van der Waals surface area contributed by atoms with Crippen LogP contribution in [0.3, 0.4) is 0 Å². The molecule has 0 spiro atoms. The molecule has 1 radical (unpaired) electrons. The number of alkyl halides is 1. The molecule has 0 saturated heterocycles. The minimum atomic E-state index is 0.463. The van der Waals surface area contributed by atoms with Crippen LogP contribution in [-0.4, -0.2) is 4.83 Å². The van der Waals surface area contributed by atoms with Gasteiger partial charge in [0.2, 0.25) is 0 Å². The predicted octanol–water partition coefficient (Wildman–Crippen LogP) is 7.46. The van der Waals surface area contributed by atoms with E-state index in [2.05, 4.69) is 29.8 Å². The zero-order chi connectivity index (χ0) is 14.2. The van der Waals surface area contributed by atoms with Crippen LogP contribution in [-0.2, 0) is 0 Å². The molecule has 0 aromatic carbocycles. The van der Waals surface area contributed by atoms with E-state index in [0.717, 1.165) is 0 Å². The molecule has 0 N–H and O–H groups in total. The van der Waals surface area contributed by atoms with Gasteiger partial charge in [0.25, 0.3) is 0 Å². The molecule has 0 aliphatic carbocycles. The first kappa shape index (κ1) is 19.5. The average molecular weight is 332 g/mol. The normalized spacial score (nSPS) is 12.8. The highest BCUT2D eigenvalue weighted by molar-refractivity contribution is 9.09. The Balaban J connectivity index is 2.91. The van der Waals surface area contributed by atoms with Crippen molar-refractivity contribution in [1.82, 2.24) is 0 Å². The lowest BCUT2D eigenvalue weighted by atomic mass is 10.0. The Hall–Kier alpha value is 0.480. The third-order valence-corrected chi connectivity index (χ3v) is 4.33. The summed E-state index contributed by atoms with van der Waals surface area (Å²) in [6, 6.07) is 0. The predicted molar refractivity (Wildman–Crippen MR) is 93.0 cm³/mol. The second-order valence-electron chi connectivity index (χ2n) is 5.98. The van der Waals surface area contributed by atoms with Gasteiger partial charge in [0.05, 0.1) is 0 Å². The van der Waals surface area contributed by atoms with Gasteiger partial charge < -0.3 is 0 Å². The van der Waals surface area contributed by atoms with E-state index < -0.39 is 0 Å². The fourth-order valence-corrected chi connectivity index (χ4v) is 2.88. The van der Waals surface area contributed by atoms with Crippen LogP contribution in [0, 0.1) is 6.92 Å². The van der Waals surface area contributed by atoms with Crippen LogP contribution in [0.2, 0.25) is 0 Å². The van der Waals surface area contributed by atoms with Gasteiger partial charge in [-0.15, -0.1) is 0 Å². The van der Waals surface area contributed by atoms with Crippen LogP contribution < -0.4 is 0 Å². The molecule has 0 aliphatic rings. The number of halogens is 1. The number of unbranched alkanes of at least 4 members (excludes halogenated alkanes) is 13. The van der Waals surface area contributed by atoms with Gasteiger partial charge in [0.1, 0.15) is 0 Å². The Labute approximate surface area is 131 Å². The fourth-order valence-electron chi connectivity index (χ4n) is 2.56. The van der Waals surface area contributed by atoms with Crippen molar-refractivity contribution in [1.29, 1.82) is 0 Å². The maximum atomic E-state index is 3.95. The first-order valence-electron chi connectivity index (χ1n) is 8.74. The van der Waals surface area contributed by atoms with Gasteiger partial charge in [-0.1, -0.05) is 113 Å². The van der Waals surface area contributed by atoms with E-state index in [1.54, 1.807) is 0 Å². The van der Waals surface area contributed by atoms with Gasteiger partial charge in [-0.2, -0.15) is 0 Å². The highest BCUT2D eigenvalue weighted by Gasteiger charge is 1.96. The Morgan fingerprint density at radius 1 is 0.632 bits per heavy atom. The molecule has 0 bridgehead atoms. The number of hydrogen-bond acceptors (Lipinski definition) is 0. The molecule has 1 heteroatoms. The summed E-state index contributed by atoms with van der Waals surface area (Å²) in [4.78, 5) is 0.463. The summed E-state index contributed by atoms with van der Waals surface area (Å²) in [5.74, 6) is 0. The lowest BCUT2D eigenvalue weighted by molar-refractivity contribution is 0.533.